The van der Waals surface area contributed by atoms with Crippen molar-refractivity contribution in [2.45, 2.75) is 19.3 Å². The summed E-state index contributed by atoms with van der Waals surface area (Å²) in [5, 5.41) is 4.39. The van der Waals surface area contributed by atoms with Gasteiger partial charge in [0, 0.05) is 23.8 Å². The predicted molar refractivity (Wildman–Crippen MR) is 126 cm³/mol. The Hall–Kier alpha value is -4.68. The molecule has 2 amide bonds. The smallest absolute Gasteiger partial charge is 0.416 e. The van der Waals surface area contributed by atoms with E-state index in [-0.39, 0.29) is 17.6 Å². The van der Waals surface area contributed by atoms with Crippen molar-refractivity contribution in [3.8, 4) is 22.9 Å². The van der Waals surface area contributed by atoms with E-state index in [1.165, 1.54) is 30.7 Å². The number of pyridine rings is 1. The van der Waals surface area contributed by atoms with E-state index in [0.717, 1.165) is 0 Å². The van der Waals surface area contributed by atoms with Gasteiger partial charge in [0.25, 0.3) is 0 Å². The minimum absolute atomic E-state index is 0.0249. The van der Waals surface area contributed by atoms with E-state index in [0.29, 0.717) is 34.7 Å². The van der Waals surface area contributed by atoms with Crippen LogP contribution in [0.25, 0.3) is 11.3 Å². The lowest BCUT2D eigenvalue weighted by atomic mass is 10.1. The second-order valence-electron chi connectivity index (χ2n) is 7.91. The standard InChI is InChI=1S/C25H17F6N5O2/c1-14-9-17(4-5-21(14)38-22-19(3-2-7-33-22)20-6-8-32-13-34-20)35-23(37)36-18-11-15(24(26,27)28)10-16(12-18)25(29,30)31/h2-13H,1H3,(H2,35,36,37). The van der Waals surface area contributed by atoms with Gasteiger partial charge in [0.1, 0.15) is 12.1 Å². The van der Waals surface area contributed by atoms with Gasteiger partial charge in [-0.15, -0.1) is 0 Å². The zero-order chi connectivity index (χ0) is 27.5. The van der Waals surface area contributed by atoms with E-state index < -0.39 is 35.2 Å². The van der Waals surface area contributed by atoms with Gasteiger partial charge in [-0.25, -0.2) is 19.7 Å². The number of ether oxygens (including phenoxy) is 1. The Morgan fingerprint density at radius 3 is 2.11 bits per heavy atom. The van der Waals surface area contributed by atoms with Crippen molar-refractivity contribution < 1.29 is 35.9 Å². The summed E-state index contributed by atoms with van der Waals surface area (Å²) in [6.07, 6.45) is -5.59. The highest BCUT2D eigenvalue weighted by molar-refractivity contribution is 6.00. The Morgan fingerprint density at radius 1 is 0.816 bits per heavy atom. The number of aryl methyl sites for hydroxylation is 1. The molecule has 7 nitrogen and oxygen atoms in total. The molecule has 0 fully saturated rings. The fourth-order valence-electron chi connectivity index (χ4n) is 3.38. The Balaban J connectivity index is 1.50. The molecule has 2 aromatic carbocycles. The molecule has 4 aromatic rings. The molecule has 13 heteroatoms. The Bertz CT molecular complexity index is 1430. The normalized spacial score (nSPS) is 11.7. The average molecular weight is 533 g/mol. The molecule has 2 N–H and O–H groups in total. The van der Waals surface area contributed by atoms with E-state index in [1.807, 2.05) is 5.32 Å². The first kappa shape index (κ1) is 26.4. The summed E-state index contributed by atoms with van der Waals surface area (Å²) in [6.45, 7) is 1.67. The maximum Gasteiger partial charge on any atom is 0.416 e. The average Bonchev–Trinajstić information content (AvgIpc) is 2.85. The molecule has 0 saturated carbocycles. The summed E-state index contributed by atoms with van der Waals surface area (Å²) in [4.78, 5) is 24.6. The van der Waals surface area contributed by atoms with Gasteiger partial charge in [0.2, 0.25) is 5.88 Å². The molecule has 38 heavy (non-hydrogen) atoms. The summed E-state index contributed by atoms with van der Waals surface area (Å²) in [7, 11) is 0. The number of nitrogens with one attached hydrogen (secondary N) is 2. The minimum Gasteiger partial charge on any atom is -0.438 e. The van der Waals surface area contributed by atoms with E-state index in [9.17, 15) is 31.1 Å². The van der Waals surface area contributed by atoms with Crippen molar-refractivity contribution >= 4 is 17.4 Å². The van der Waals surface area contributed by atoms with Gasteiger partial charge in [-0.3, -0.25) is 0 Å². The highest BCUT2D eigenvalue weighted by Crippen LogP contribution is 2.38. The van der Waals surface area contributed by atoms with Gasteiger partial charge < -0.3 is 15.4 Å². The Morgan fingerprint density at radius 2 is 1.50 bits per heavy atom. The molecule has 0 aliphatic carbocycles. The molecule has 0 aliphatic heterocycles. The number of halogens is 6. The zero-order valence-electron chi connectivity index (χ0n) is 19.4. The number of anilines is 2. The van der Waals surface area contributed by atoms with Crippen molar-refractivity contribution in [2.24, 2.45) is 0 Å². The lowest BCUT2D eigenvalue weighted by Crippen LogP contribution is -2.21. The second kappa shape index (κ2) is 10.4. The number of benzene rings is 2. The van der Waals surface area contributed by atoms with Crippen LogP contribution in [0, 0.1) is 6.92 Å². The second-order valence-corrected chi connectivity index (χ2v) is 7.91. The van der Waals surface area contributed by atoms with Gasteiger partial charge in [-0.05, 0) is 67.1 Å². The number of amides is 2. The van der Waals surface area contributed by atoms with Crippen LogP contribution in [-0.2, 0) is 12.4 Å². The summed E-state index contributed by atoms with van der Waals surface area (Å²) < 4.78 is 84.3. The number of hydrogen-bond acceptors (Lipinski definition) is 5. The zero-order valence-corrected chi connectivity index (χ0v) is 19.4. The molecule has 0 saturated heterocycles. The maximum atomic E-state index is 13.1. The van der Waals surface area contributed by atoms with Crippen molar-refractivity contribution in [3.63, 3.8) is 0 Å². The van der Waals surface area contributed by atoms with E-state index in [2.05, 4.69) is 20.3 Å². The van der Waals surface area contributed by atoms with Crippen molar-refractivity contribution in [2.75, 3.05) is 10.6 Å². The SMILES string of the molecule is Cc1cc(NC(=O)Nc2cc(C(F)(F)F)cc(C(F)(F)F)c2)ccc1Oc1ncccc1-c1ccncn1. The molecule has 0 unspecified atom stereocenters. The highest BCUT2D eigenvalue weighted by Gasteiger charge is 2.37. The monoisotopic (exact) mass is 533 g/mol. The van der Waals surface area contributed by atoms with Gasteiger partial charge >= 0.3 is 18.4 Å². The van der Waals surface area contributed by atoms with Crippen molar-refractivity contribution in [1.29, 1.82) is 0 Å². The molecule has 0 bridgehead atoms. The largest absolute Gasteiger partial charge is 0.438 e. The third-order valence-electron chi connectivity index (χ3n) is 5.11. The van der Waals surface area contributed by atoms with Crippen LogP contribution < -0.4 is 15.4 Å². The van der Waals surface area contributed by atoms with Gasteiger partial charge in [-0.2, -0.15) is 26.3 Å². The Kier molecular flexibility index (Phi) is 7.19. The highest BCUT2D eigenvalue weighted by atomic mass is 19.4. The Labute approximate surface area is 211 Å². The predicted octanol–water partition coefficient (Wildman–Crippen LogP) is 7.32. The van der Waals surface area contributed by atoms with Crippen LogP contribution in [0.1, 0.15) is 16.7 Å². The molecule has 0 radical (unpaired) electrons. The number of alkyl halides is 6. The summed E-state index contributed by atoms with van der Waals surface area (Å²) in [6, 6.07) is 9.41. The number of rotatable bonds is 5. The molecule has 0 atom stereocenters. The van der Waals surface area contributed by atoms with Gasteiger partial charge in [0.15, 0.2) is 0 Å². The van der Waals surface area contributed by atoms with Crippen molar-refractivity contribution in [3.05, 3.63) is 90.0 Å². The third-order valence-corrected chi connectivity index (χ3v) is 5.11. The fourth-order valence-corrected chi connectivity index (χ4v) is 3.38. The molecule has 2 heterocycles. The van der Waals surface area contributed by atoms with E-state index in [4.69, 9.17) is 4.74 Å². The number of urea groups is 1. The first-order valence-electron chi connectivity index (χ1n) is 10.8. The van der Waals surface area contributed by atoms with Crippen LogP contribution in [0.2, 0.25) is 0 Å². The summed E-state index contributed by atoms with van der Waals surface area (Å²) in [5.41, 5.74) is -1.80. The van der Waals surface area contributed by atoms with E-state index >= 15 is 0 Å². The van der Waals surface area contributed by atoms with Crippen molar-refractivity contribution in [1.82, 2.24) is 15.0 Å². The quantitative estimate of drug-likeness (QED) is 0.263. The van der Waals surface area contributed by atoms with Crippen LogP contribution in [0.3, 0.4) is 0 Å². The lowest BCUT2D eigenvalue weighted by molar-refractivity contribution is -0.143. The molecule has 4 rings (SSSR count). The summed E-state index contributed by atoms with van der Waals surface area (Å²) in [5.74, 6) is 0.649. The molecule has 0 aliphatic rings. The number of carbonyl (C=O) groups is 1. The molecule has 2 aromatic heterocycles. The van der Waals surface area contributed by atoms with Crippen LogP contribution in [0.15, 0.2) is 73.3 Å². The number of aromatic nitrogens is 3. The third kappa shape index (κ3) is 6.35. The fraction of sp³-hybridized carbons (Fsp3) is 0.120. The molecule has 0 spiro atoms. The lowest BCUT2D eigenvalue weighted by Gasteiger charge is -2.15. The number of carbonyl (C=O) groups excluding carboxylic acids is 1. The first-order chi connectivity index (χ1) is 17.9. The molecule has 196 valence electrons. The first-order valence-corrected chi connectivity index (χ1v) is 10.8. The summed E-state index contributed by atoms with van der Waals surface area (Å²) >= 11 is 0. The number of hydrogen-bond donors (Lipinski definition) is 2. The topological polar surface area (TPSA) is 89.0 Å². The molecular weight excluding hydrogens is 516 g/mol. The van der Waals surface area contributed by atoms with Crippen LogP contribution >= 0.6 is 0 Å². The number of nitrogens with zero attached hydrogens (tertiary/aromatic N) is 3. The van der Waals surface area contributed by atoms with Crippen LogP contribution in [0.5, 0.6) is 11.6 Å². The van der Waals surface area contributed by atoms with Crippen LogP contribution in [0.4, 0.5) is 42.5 Å². The maximum absolute atomic E-state index is 13.1. The van der Waals surface area contributed by atoms with Crippen LogP contribution in [-0.4, -0.2) is 21.0 Å². The van der Waals surface area contributed by atoms with Gasteiger partial charge in [0.05, 0.1) is 22.4 Å². The van der Waals surface area contributed by atoms with Gasteiger partial charge in [-0.1, -0.05) is 0 Å². The van der Waals surface area contributed by atoms with E-state index in [1.54, 1.807) is 31.3 Å². The minimum atomic E-state index is -5.04. The molecular formula is C25H17F6N5O2.